The number of pyridine rings is 1. The van der Waals surface area contributed by atoms with Crippen molar-refractivity contribution in [2.45, 2.75) is 0 Å². The first-order valence-corrected chi connectivity index (χ1v) is 8.45. The van der Waals surface area contributed by atoms with Gasteiger partial charge in [0.2, 0.25) is 0 Å². The number of benzene rings is 1. The van der Waals surface area contributed by atoms with Gasteiger partial charge in [0.15, 0.2) is 0 Å². The highest BCUT2D eigenvalue weighted by Crippen LogP contribution is 2.24. The predicted molar refractivity (Wildman–Crippen MR) is 99.5 cm³/mol. The Hall–Kier alpha value is -3.09. The van der Waals surface area contributed by atoms with Crippen molar-refractivity contribution in [1.29, 1.82) is 0 Å². The Labute approximate surface area is 152 Å². The number of carboxylic acids is 1. The van der Waals surface area contributed by atoms with Crippen molar-refractivity contribution < 1.29 is 14.7 Å². The fraction of sp³-hybridized carbons (Fsp3) is 0.316. The van der Waals surface area contributed by atoms with Crippen molar-refractivity contribution in [3.63, 3.8) is 0 Å². The Balaban J connectivity index is 1.68. The van der Waals surface area contributed by atoms with Crippen molar-refractivity contribution in [3.05, 3.63) is 48.3 Å². The number of nitrogens with zero attached hydrogens (tertiary/aromatic N) is 4. The summed E-state index contributed by atoms with van der Waals surface area (Å²) < 4.78 is 0. The van der Waals surface area contributed by atoms with Gasteiger partial charge in [0.25, 0.3) is 0 Å². The molecule has 7 nitrogen and oxygen atoms in total. The van der Waals surface area contributed by atoms with Gasteiger partial charge in [0, 0.05) is 63.9 Å². The van der Waals surface area contributed by atoms with Gasteiger partial charge in [-0.1, -0.05) is 12.1 Å². The van der Waals surface area contributed by atoms with Crippen LogP contribution in [0, 0.1) is 0 Å². The van der Waals surface area contributed by atoms with Crippen LogP contribution in [-0.4, -0.2) is 72.2 Å². The number of hydrogen-bond acceptors (Lipinski definition) is 4. The van der Waals surface area contributed by atoms with Gasteiger partial charge < -0.3 is 19.8 Å². The number of anilines is 1. The Bertz CT molecular complexity index is 797. The van der Waals surface area contributed by atoms with Crippen LogP contribution in [0.4, 0.5) is 10.5 Å². The van der Waals surface area contributed by atoms with E-state index in [-0.39, 0.29) is 11.6 Å². The van der Waals surface area contributed by atoms with Crippen molar-refractivity contribution in [2.75, 3.05) is 45.2 Å². The van der Waals surface area contributed by atoms with E-state index in [1.165, 1.54) is 6.20 Å². The smallest absolute Gasteiger partial charge is 0.337 e. The van der Waals surface area contributed by atoms with Crippen LogP contribution in [0.2, 0.25) is 0 Å². The molecule has 2 heterocycles. The second-order valence-electron chi connectivity index (χ2n) is 6.47. The van der Waals surface area contributed by atoms with Crippen molar-refractivity contribution in [2.24, 2.45) is 0 Å². The maximum atomic E-state index is 12.0. The van der Waals surface area contributed by atoms with Crippen LogP contribution < -0.4 is 4.90 Å². The van der Waals surface area contributed by atoms with Crippen LogP contribution in [0.25, 0.3) is 11.1 Å². The summed E-state index contributed by atoms with van der Waals surface area (Å²) in [6.45, 7) is 2.97. The number of piperazine rings is 1. The van der Waals surface area contributed by atoms with Gasteiger partial charge in [0.1, 0.15) is 0 Å². The van der Waals surface area contributed by atoms with Gasteiger partial charge >= 0.3 is 12.0 Å². The van der Waals surface area contributed by atoms with Crippen LogP contribution in [-0.2, 0) is 0 Å². The summed E-state index contributed by atoms with van der Waals surface area (Å²) in [6.07, 6.45) is 3.00. The number of aromatic nitrogens is 1. The topological polar surface area (TPSA) is 77.0 Å². The van der Waals surface area contributed by atoms with Gasteiger partial charge in [-0.2, -0.15) is 0 Å². The largest absolute Gasteiger partial charge is 0.478 e. The molecule has 0 bridgehead atoms. The first-order chi connectivity index (χ1) is 12.5. The number of carboxylic acid groups (broad SMARTS) is 1. The summed E-state index contributed by atoms with van der Waals surface area (Å²) >= 11 is 0. The van der Waals surface area contributed by atoms with Gasteiger partial charge in [-0.05, 0) is 23.8 Å². The number of rotatable bonds is 3. The van der Waals surface area contributed by atoms with Crippen LogP contribution in [0.5, 0.6) is 0 Å². The number of aromatic carboxylic acids is 1. The van der Waals surface area contributed by atoms with E-state index < -0.39 is 5.97 Å². The van der Waals surface area contributed by atoms with Gasteiger partial charge in [0.05, 0.1) is 5.56 Å². The molecule has 1 N–H and O–H groups in total. The first-order valence-electron chi connectivity index (χ1n) is 8.45. The molecule has 2 amide bonds. The average Bonchev–Trinajstić information content (AvgIpc) is 2.67. The molecule has 7 heteroatoms. The predicted octanol–water partition coefficient (Wildman–Crippen LogP) is 2.25. The lowest BCUT2D eigenvalue weighted by molar-refractivity contribution is 0.0696. The first kappa shape index (κ1) is 17.7. The molecule has 26 heavy (non-hydrogen) atoms. The molecule has 1 fully saturated rings. The molecule has 1 aliphatic rings. The monoisotopic (exact) mass is 354 g/mol. The maximum absolute atomic E-state index is 12.0. The molecule has 2 aromatic rings. The summed E-state index contributed by atoms with van der Waals surface area (Å²) in [6, 6.07) is 9.64. The number of amides is 2. The average molecular weight is 354 g/mol. The molecule has 0 spiro atoms. The van der Waals surface area contributed by atoms with E-state index in [1.54, 1.807) is 31.3 Å². The van der Waals surface area contributed by atoms with E-state index in [0.29, 0.717) is 13.1 Å². The van der Waals surface area contributed by atoms with E-state index in [2.05, 4.69) is 9.88 Å². The molecule has 136 valence electrons. The quantitative estimate of drug-likeness (QED) is 0.915. The fourth-order valence-electron chi connectivity index (χ4n) is 3.02. The van der Waals surface area contributed by atoms with E-state index >= 15 is 0 Å². The van der Waals surface area contributed by atoms with Crippen molar-refractivity contribution in [1.82, 2.24) is 14.8 Å². The molecule has 1 aromatic heterocycles. The molecule has 0 radical (unpaired) electrons. The van der Waals surface area contributed by atoms with E-state index in [4.69, 9.17) is 5.11 Å². The number of carbonyl (C=O) groups excluding carboxylic acids is 1. The minimum atomic E-state index is -0.985. The SMILES string of the molecule is CN(C)C(=O)N1CCN(c2ccc(-c3cncc(C(=O)O)c3)cc2)CC1. The molecule has 3 rings (SSSR count). The van der Waals surface area contributed by atoms with Gasteiger partial charge in [-0.3, -0.25) is 4.98 Å². The molecule has 0 unspecified atom stereocenters. The summed E-state index contributed by atoms with van der Waals surface area (Å²) in [5.74, 6) is -0.985. The minimum absolute atomic E-state index is 0.0470. The maximum Gasteiger partial charge on any atom is 0.337 e. The molecule has 1 aliphatic heterocycles. The Morgan fingerprint density at radius 1 is 1.00 bits per heavy atom. The van der Waals surface area contributed by atoms with Crippen molar-refractivity contribution >= 4 is 17.7 Å². The Kier molecular flexibility index (Phi) is 5.06. The highest BCUT2D eigenvalue weighted by molar-refractivity contribution is 5.88. The molecule has 0 aliphatic carbocycles. The molecule has 0 atom stereocenters. The molecule has 1 saturated heterocycles. The normalized spacial score (nSPS) is 14.2. The lowest BCUT2D eigenvalue weighted by atomic mass is 10.1. The van der Waals surface area contributed by atoms with Crippen LogP contribution in [0.1, 0.15) is 10.4 Å². The second kappa shape index (κ2) is 7.43. The number of urea groups is 1. The number of carbonyl (C=O) groups is 2. The van der Waals surface area contributed by atoms with Gasteiger partial charge in [-0.25, -0.2) is 9.59 Å². The molecular weight excluding hydrogens is 332 g/mol. The zero-order valence-electron chi connectivity index (χ0n) is 14.9. The second-order valence-corrected chi connectivity index (χ2v) is 6.47. The summed E-state index contributed by atoms with van der Waals surface area (Å²) in [5.41, 5.74) is 2.96. The van der Waals surface area contributed by atoms with E-state index in [1.807, 2.05) is 29.2 Å². The lowest BCUT2D eigenvalue weighted by Crippen LogP contribution is -2.51. The molecular formula is C19H22N4O3. The van der Waals surface area contributed by atoms with Gasteiger partial charge in [-0.15, -0.1) is 0 Å². The zero-order valence-corrected chi connectivity index (χ0v) is 14.9. The Morgan fingerprint density at radius 2 is 1.65 bits per heavy atom. The summed E-state index contributed by atoms with van der Waals surface area (Å²) in [4.78, 5) is 32.8. The highest BCUT2D eigenvalue weighted by atomic mass is 16.4. The van der Waals surface area contributed by atoms with Crippen LogP contribution >= 0.6 is 0 Å². The third kappa shape index (κ3) is 3.77. The van der Waals surface area contributed by atoms with Crippen LogP contribution in [0.15, 0.2) is 42.7 Å². The zero-order chi connectivity index (χ0) is 18.7. The van der Waals surface area contributed by atoms with E-state index in [0.717, 1.165) is 29.9 Å². The molecule has 0 saturated carbocycles. The molecule has 1 aromatic carbocycles. The minimum Gasteiger partial charge on any atom is -0.478 e. The highest BCUT2D eigenvalue weighted by Gasteiger charge is 2.22. The Morgan fingerprint density at radius 3 is 2.23 bits per heavy atom. The number of hydrogen-bond donors (Lipinski definition) is 1. The van der Waals surface area contributed by atoms with Crippen LogP contribution in [0.3, 0.4) is 0 Å². The summed E-state index contributed by atoms with van der Waals surface area (Å²) in [5, 5.41) is 9.09. The summed E-state index contributed by atoms with van der Waals surface area (Å²) in [7, 11) is 3.53. The third-order valence-electron chi connectivity index (χ3n) is 4.48. The van der Waals surface area contributed by atoms with Crippen molar-refractivity contribution in [3.8, 4) is 11.1 Å². The lowest BCUT2D eigenvalue weighted by Gasteiger charge is -2.37. The van der Waals surface area contributed by atoms with E-state index in [9.17, 15) is 9.59 Å². The third-order valence-corrected chi connectivity index (χ3v) is 4.48. The fourth-order valence-corrected chi connectivity index (χ4v) is 3.02. The standard InChI is InChI=1S/C19H22N4O3/c1-21(2)19(26)23-9-7-22(8-10-23)17-5-3-14(4-6-17)15-11-16(18(24)25)13-20-12-15/h3-6,11-13H,7-10H2,1-2H3,(H,24,25).